The number of anilines is 1. The molecule has 4 amide bonds. The van der Waals surface area contributed by atoms with Crippen LogP contribution in [0.4, 0.5) is 10.1 Å². The van der Waals surface area contributed by atoms with Gasteiger partial charge in [0.1, 0.15) is 0 Å². The highest BCUT2D eigenvalue weighted by molar-refractivity contribution is 6.53. The fourth-order valence-corrected chi connectivity index (χ4v) is 7.81. The van der Waals surface area contributed by atoms with E-state index in [-0.39, 0.29) is 24.3 Å². The second-order valence-corrected chi connectivity index (χ2v) is 11.9. The van der Waals surface area contributed by atoms with Gasteiger partial charge in [0.2, 0.25) is 11.8 Å². The fourth-order valence-electron chi connectivity index (χ4n) is 6.67. The molecule has 11 heteroatoms. The summed E-state index contributed by atoms with van der Waals surface area (Å²) in [4.78, 5) is 52.2. The van der Waals surface area contributed by atoms with Crippen molar-refractivity contribution >= 4 is 64.1 Å². The normalized spacial score (nSPS) is 34.3. The number of halogens is 4. The Morgan fingerprint density at radius 1 is 0.974 bits per heavy atom. The van der Waals surface area contributed by atoms with Gasteiger partial charge in [-0.3, -0.25) is 29.0 Å². The van der Waals surface area contributed by atoms with Crippen molar-refractivity contribution < 1.29 is 28.7 Å². The molecule has 0 radical (unpaired) electrons. The van der Waals surface area contributed by atoms with Crippen LogP contribution in [0.5, 0.6) is 5.75 Å². The summed E-state index contributed by atoms with van der Waals surface area (Å²) in [6, 6.07) is 9.90. The van der Waals surface area contributed by atoms with Crippen molar-refractivity contribution in [1.29, 1.82) is 0 Å². The number of carbonyl (C=O) groups is 4. The van der Waals surface area contributed by atoms with Crippen LogP contribution in [0.3, 0.4) is 0 Å². The molecule has 6 atom stereocenters. The Hall–Kier alpha value is -2.94. The number of imide groups is 2. The third-order valence-electron chi connectivity index (χ3n) is 8.40. The molecule has 6 unspecified atom stereocenters. The lowest BCUT2D eigenvalue weighted by molar-refractivity contribution is -0.138. The van der Waals surface area contributed by atoms with Gasteiger partial charge >= 0.3 is 0 Å². The summed E-state index contributed by atoms with van der Waals surface area (Å²) in [6.45, 7) is 0. The molecule has 196 valence electrons. The number of phenols is 1. The van der Waals surface area contributed by atoms with E-state index in [0.29, 0.717) is 16.3 Å². The first kappa shape index (κ1) is 25.3. The Bertz CT molecular complexity index is 1480. The Morgan fingerprint density at radius 2 is 1.66 bits per heavy atom. The van der Waals surface area contributed by atoms with Gasteiger partial charge in [0.15, 0.2) is 21.3 Å². The topological polar surface area (TPSA) is 95.0 Å². The van der Waals surface area contributed by atoms with E-state index in [4.69, 9.17) is 34.8 Å². The Labute approximate surface area is 231 Å². The van der Waals surface area contributed by atoms with Crippen LogP contribution in [0, 0.1) is 23.6 Å². The maximum Gasteiger partial charge on any atom is 0.253 e. The number of rotatable bonds is 2. The van der Waals surface area contributed by atoms with Gasteiger partial charge in [-0.2, -0.15) is 0 Å². The molecule has 1 saturated carbocycles. The number of likely N-dealkylation sites (tertiary alicyclic amines) is 1. The number of hydrogen-bond donors (Lipinski definition) is 1. The minimum atomic E-state index is -2.01. The van der Waals surface area contributed by atoms with Gasteiger partial charge in [-0.1, -0.05) is 29.3 Å². The van der Waals surface area contributed by atoms with Gasteiger partial charge in [0.05, 0.1) is 17.5 Å². The van der Waals surface area contributed by atoms with Crippen molar-refractivity contribution in [2.45, 2.75) is 28.5 Å². The number of aromatic hydroxyl groups is 1. The number of nitrogens with zero attached hydrogens (tertiary/aromatic N) is 2. The molecule has 2 aliphatic carbocycles. The minimum Gasteiger partial charge on any atom is -0.505 e. The molecule has 2 saturated heterocycles. The average molecular weight is 578 g/mol. The second kappa shape index (κ2) is 8.28. The summed E-state index contributed by atoms with van der Waals surface area (Å²) >= 11 is 20.1. The van der Waals surface area contributed by atoms with Gasteiger partial charge < -0.3 is 5.11 Å². The van der Waals surface area contributed by atoms with Crippen molar-refractivity contribution in [3.8, 4) is 5.75 Å². The number of benzene rings is 2. The molecular formula is C27H20Cl3FN2O5. The van der Waals surface area contributed by atoms with Gasteiger partial charge in [0.25, 0.3) is 11.8 Å². The number of carbonyl (C=O) groups excluding carboxylic acids is 4. The average Bonchev–Trinajstić information content (AvgIpc) is 3.21. The SMILES string of the molecule is CN1C(=O)C2(Cl)CC3C(=CCC4C(=O)N(c5ccc(Cl)cc5)C(=O)C43)C(c3ccc(O)c(F)c3)C2(Cl)C1=O. The third kappa shape index (κ3) is 3.08. The van der Waals surface area contributed by atoms with E-state index in [1.807, 2.05) is 0 Å². The first-order valence-corrected chi connectivity index (χ1v) is 13.1. The van der Waals surface area contributed by atoms with Crippen LogP contribution < -0.4 is 4.90 Å². The zero-order valence-corrected chi connectivity index (χ0v) is 22.1. The van der Waals surface area contributed by atoms with Crippen LogP contribution >= 0.6 is 34.8 Å². The molecule has 4 aliphatic rings. The predicted molar refractivity (Wildman–Crippen MR) is 137 cm³/mol. The van der Waals surface area contributed by atoms with Gasteiger partial charge in [-0.25, -0.2) is 4.39 Å². The molecule has 2 aliphatic heterocycles. The van der Waals surface area contributed by atoms with Crippen LogP contribution in [0.2, 0.25) is 5.02 Å². The maximum atomic E-state index is 14.5. The number of alkyl halides is 2. The summed E-state index contributed by atoms with van der Waals surface area (Å²) < 4.78 is 14.5. The Kier molecular flexibility index (Phi) is 5.52. The number of phenolic OH excluding ortho intramolecular Hbond substituents is 1. The lowest BCUT2D eigenvalue weighted by atomic mass is 9.56. The first-order valence-electron chi connectivity index (χ1n) is 11.9. The number of amides is 4. The van der Waals surface area contributed by atoms with Crippen LogP contribution in [0.15, 0.2) is 54.1 Å². The monoisotopic (exact) mass is 576 g/mol. The lowest BCUT2D eigenvalue weighted by Crippen LogP contribution is -2.60. The minimum absolute atomic E-state index is 0.162. The maximum absolute atomic E-state index is 14.5. The van der Waals surface area contributed by atoms with Crippen molar-refractivity contribution in [3.05, 3.63) is 70.5 Å². The molecule has 2 aromatic rings. The smallest absolute Gasteiger partial charge is 0.253 e. The van der Waals surface area contributed by atoms with E-state index in [1.165, 1.54) is 13.1 Å². The van der Waals surface area contributed by atoms with Crippen LogP contribution in [0.1, 0.15) is 24.3 Å². The van der Waals surface area contributed by atoms with E-state index < -0.39 is 62.7 Å². The molecule has 0 bridgehead atoms. The van der Waals surface area contributed by atoms with Crippen molar-refractivity contribution in [2.75, 3.05) is 11.9 Å². The van der Waals surface area contributed by atoms with Crippen LogP contribution in [0.25, 0.3) is 0 Å². The highest BCUT2D eigenvalue weighted by Gasteiger charge is 2.75. The highest BCUT2D eigenvalue weighted by Crippen LogP contribution is 2.65. The molecule has 1 N–H and O–H groups in total. The number of allylic oxidation sites excluding steroid dienone is 2. The quantitative estimate of drug-likeness (QED) is 0.325. The predicted octanol–water partition coefficient (Wildman–Crippen LogP) is 4.38. The third-order valence-corrected chi connectivity index (χ3v) is 10.1. The van der Waals surface area contributed by atoms with Gasteiger partial charge in [-0.05, 0) is 60.7 Å². The molecule has 2 heterocycles. The molecule has 0 spiro atoms. The summed E-state index contributed by atoms with van der Waals surface area (Å²) in [5.74, 6) is -7.24. The summed E-state index contributed by atoms with van der Waals surface area (Å²) in [5.41, 5.74) is 1.13. The molecular weight excluding hydrogens is 558 g/mol. The number of fused-ring (bicyclic) bond motifs is 4. The van der Waals surface area contributed by atoms with Crippen molar-refractivity contribution in [1.82, 2.24) is 4.90 Å². The zero-order valence-electron chi connectivity index (χ0n) is 19.8. The van der Waals surface area contributed by atoms with E-state index in [0.717, 1.165) is 21.9 Å². The molecule has 0 aromatic heterocycles. The summed E-state index contributed by atoms with van der Waals surface area (Å²) in [5, 5.41) is 10.2. The standard InChI is InChI=1S/C27H20Cl3FN2O5/c1-32-24(37)26(29)11-17-15(21(27(26,30)25(32)38)12-2-9-19(34)18(31)10-12)7-8-16-20(17)23(36)33(22(16)35)14-5-3-13(28)4-6-14/h2-7,9-10,16-17,20-21,34H,8,11H2,1H3. The summed E-state index contributed by atoms with van der Waals surface area (Å²) in [6.07, 6.45) is 1.78. The van der Waals surface area contributed by atoms with E-state index in [9.17, 15) is 28.7 Å². The van der Waals surface area contributed by atoms with Crippen LogP contribution in [-0.4, -0.2) is 50.4 Å². The highest BCUT2D eigenvalue weighted by atomic mass is 35.5. The molecule has 38 heavy (non-hydrogen) atoms. The van der Waals surface area contributed by atoms with Gasteiger partial charge in [-0.15, -0.1) is 23.2 Å². The van der Waals surface area contributed by atoms with E-state index in [1.54, 1.807) is 30.3 Å². The molecule has 3 fully saturated rings. The Balaban J connectivity index is 1.52. The fraction of sp³-hybridized carbons (Fsp3) is 0.333. The molecule has 7 nitrogen and oxygen atoms in total. The largest absolute Gasteiger partial charge is 0.505 e. The van der Waals surface area contributed by atoms with Crippen molar-refractivity contribution in [2.24, 2.45) is 17.8 Å². The second-order valence-electron chi connectivity index (χ2n) is 10.2. The molecule has 6 rings (SSSR count). The zero-order chi connectivity index (χ0) is 27.3. The van der Waals surface area contributed by atoms with Crippen molar-refractivity contribution in [3.63, 3.8) is 0 Å². The van der Waals surface area contributed by atoms with E-state index >= 15 is 0 Å². The summed E-state index contributed by atoms with van der Waals surface area (Å²) in [7, 11) is 1.28. The Morgan fingerprint density at radius 3 is 2.32 bits per heavy atom. The van der Waals surface area contributed by atoms with E-state index in [2.05, 4.69) is 0 Å². The van der Waals surface area contributed by atoms with Gasteiger partial charge in [0, 0.05) is 18.0 Å². The molecule has 2 aromatic carbocycles. The lowest BCUT2D eigenvalue weighted by Gasteiger charge is -2.50. The first-order chi connectivity index (χ1) is 17.9. The number of hydrogen-bond acceptors (Lipinski definition) is 5. The van der Waals surface area contributed by atoms with Crippen LogP contribution in [-0.2, 0) is 19.2 Å².